The van der Waals surface area contributed by atoms with Crippen LogP contribution in [-0.2, 0) is 16.2 Å². The zero-order chi connectivity index (χ0) is 36.2. The molecule has 0 atom stereocenters. The summed E-state index contributed by atoms with van der Waals surface area (Å²) in [5.74, 6) is 0.897. The molecule has 0 aromatic heterocycles. The van der Waals surface area contributed by atoms with Crippen molar-refractivity contribution in [1.82, 2.24) is 0 Å². The summed E-state index contributed by atoms with van der Waals surface area (Å²) in [4.78, 5) is 1.65. The first kappa shape index (κ1) is 40.9. The van der Waals surface area contributed by atoms with E-state index in [-0.39, 0.29) is 38.6 Å². The normalized spacial score (nSPS) is 13.3. The monoisotopic (exact) mass is 680 g/mol. The quantitative estimate of drug-likeness (QED) is 0.196. The van der Waals surface area contributed by atoms with E-state index in [0.717, 1.165) is 29.1 Å². The first-order chi connectivity index (χ1) is 21.1. The van der Waals surface area contributed by atoms with Gasteiger partial charge in [0.25, 0.3) is 0 Å². The van der Waals surface area contributed by atoms with Gasteiger partial charge in [0, 0.05) is 0 Å². The molecule has 0 saturated heterocycles. The molecule has 0 fully saturated rings. The van der Waals surface area contributed by atoms with Gasteiger partial charge >= 0.3 is 0 Å². The van der Waals surface area contributed by atoms with E-state index in [1.54, 1.807) is 24.3 Å². The highest BCUT2D eigenvalue weighted by Gasteiger charge is 2.30. The molecule has 0 amide bonds. The number of phenols is 3. The first-order valence-corrected chi connectivity index (χ1v) is 19.1. The molecule has 3 aromatic rings. The molecular weight excluding hydrogens is 617 g/mol. The summed E-state index contributed by atoms with van der Waals surface area (Å²) < 4.78 is 0. The minimum atomic E-state index is 0.00492. The Balaban J connectivity index is 0.000000427. The molecule has 3 aromatic carbocycles. The number of hydrogen-bond acceptors (Lipinski definition) is 5. The van der Waals surface area contributed by atoms with Gasteiger partial charge in [0.05, 0.1) is 9.79 Å². The zero-order valence-electron chi connectivity index (χ0n) is 32.1. The van der Waals surface area contributed by atoms with E-state index in [1.165, 1.54) is 38.3 Å². The maximum absolute atomic E-state index is 10.5. The van der Waals surface area contributed by atoms with Crippen molar-refractivity contribution in [2.45, 2.75) is 149 Å². The Labute approximate surface area is 295 Å². The zero-order valence-corrected chi connectivity index (χ0v) is 33.7. The summed E-state index contributed by atoms with van der Waals surface area (Å²) in [6.07, 6.45) is 3.23. The molecule has 0 saturated carbocycles. The van der Waals surface area contributed by atoms with Crippen LogP contribution in [0.2, 0.25) is 0 Å². The van der Waals surface area contributed by atoms with Crippen molar-refractivity contribution in [3.05, 3.63) is 77.4 Å². The van der Waals surface area contributed by atoms with E-state index in [1.807, 2.05) is 24.3 Å². The molecule has 0 heterocycles. The van der Waals surface area contributed by atoms with Gasteiger partial charge in [0.15, 0.2) is 0 Å². The molecule has 0 bridgehead atoms. The Morgan fingerprint density at radius 1 is 0.404 bits per heavy atom. The summed E-state index contributed by atoms with van der Waals surface area (Å²) in [5.41, 5.74) is 4.65. The second kappa shape index (κ2) is 15.1. The molecular formula is C42H64O3S2. The van der Waals surface area contributed by atoms with Crippen molar-refractivity contribution < 1.29 is 15.3 Å². The van der Waals surface area contributed by atoms with Crippen molar-refractivity contribution in [1.29, 1.82) is 0 Å². The average molecular weight is 681 g/mol. The molecule has 47 heavy (non-hydrogen) atoms. The predicted molar refractivity (Wildman–Crippen MR) is 207 cm³/mol. The Bertz CT molecular complexity index is 1370. The molecule has 0 unspecified atom stereocenters. The Morgan fingerprint density at radius 3 is 0.979 bits per heavy atom. The number of benzene rings is 3. The van der Waals surface area contributed by atoms with Crippen LogP contribution < -0.4 is 0 Å². The van der Waals surface area contributed by atoms with Gasteiger partial charge in [-0.1, -0.05) is 128 Å². The highest BCUT2D eigenvalue weighted by atomic mass is 33.1. The maximum atomic E-state index is 10.5. The van der Waals surface area contributed by atoms with Crippen LogP contribution in [0.1, 0.15) is 140 Å². The molecule has 262 valence electrons. The summed E-state index contributed by atoms with van der Waals surface area (Å²) in [6, 6.07) is 19.4. The third-order valence-electron chi connectivity index (χ3n) is 8.27. The molecule has 5 heteroatoms. The molecule has 3 rings (SSSR count). The van der Waals surface area contributed by atoms with Gasteiger partial charge in [0.2, 0.25) is 0 Å². The van der Waals surface area contributed by atoms with Crippen LogP contribution in [0, 0.1) is 16.2 Å². The largest absolute Gasteiger partial charge is 0.508 e. The van der Waals surface area contributed by atoms with Crippen molar-refractivity contribution in [3.8, 4) is 17.2 Å². The Hall–Kier alpha value is -2.24. The minimum Gasteiger partial charge on any atom is -0.508 e. The molecule has 0 radical (unpaired) electrons. The maximum Gasteiger partial charge on any atom is 0.130 e. The van der Waals surface area contributed by atoms with Crippen LogP contribution in [0.3, 0.4) is 0 Å². The lowest BCUT2D eigenvalue weighted by molar-refractivity contribution is 0.283. The van der Waals surface area contributed by atoms with E-state index in [2.05, 4.69) is 116 Å². The molecule has 3 N–H and O–H groups in total. The van der Waals surface area contributed by atoms with Crippen molar-refractivity contribution in [3.63, 3.8) is 0 Å². The summed E-state index contributed by atoms with van der Waals surface area (Å²) in [5, 5.41) is 30.2. The number of phenolic OH excluding ortho intramolecular Hbond substituents is 3. The van der Waals surface area contributed by atoms with E-state index in [4.69, 9.17) is 0 Å². The fourth-order valence-corrected chi connectivity index (χ4v) is 9.47. The average Bonchev–Trinajstić information content (AvgIpc) is 2.85. The second-order valence-electron chi connectivity index (χ2n) is 18.9. The SMILES string of the molecule is CC(C)(C)CC(C)(C)c1ccc(O)c(SSc2cc(C(C)(C)CC(C)(C)C)ccc2O)c1.CC(C)(C)CC(C)(C)c1ccc(O)cc1. The fraction of sp³-hybridized carbons (Fsp3) is 0.571. The molecule has 0 aliphatic carbocycles. The van der Waals surface area contributed by atoms with Crippen LogP contribution in [0.25, 0.3) is 0 Å². The van der Waals surface area contributed by atoms with Crippen molar-refractivity contribution in [2.75, 3.05) is 0 Å². The highest BCUT2D eigenvalue weighted by molar-refractivity contribution is 8.76. The Kier molecular flexibility index (Phi) is 13.2. The van der Waals surface area contributed by atoms with Crippen LogP contribution in [-0.4, -0.2) is 15.3 Å². The number of hydrogen-bond donors (Lipinski definition) is 3. The van der Waals surface area contributed by atoms with Gasteiger partial charge in [0.1, 0.15) is 17.2 Å². The molecule has 0 aliphatic heterocycles. The van der Waals surface area contributed by atoms with E-state index in [9.17, 15) is 15.3 Å². The van der Waals surface area contributed by atoms with E-state index >= 15 is 0 Å². The van der Waals surface area contributed by atoms with Crippen molar-refractivity contribution in [2.24, 2.45) is 16.2 Å². The van der Waals surface area contributed by atoms with Crippen LogP contribution in [0.5, 0.6) is 17.2 Å². The van der Waals surface area contributed by atoms with Gasteiger partial charge in [-0.05, 0) is 126 Å². The number of aromatic hydroxyl groups is 3. The second-order valence-corrected chi connectivity index (χ2v) is 21.2. The third kappa shape index (κ3) is 13.7. The van der Waals surface area contributed by atoms with Gasteiger partial charge < -0.3 is 15.3 Å². The standard InChI is InChI=1S/C28H42O2S2.C14H22O/c1-25(2,3)17-27(7,8)19-11-13-21(29)23(15-19)31-32-24-16-20(12-14-22(24)30)28(9,10)18-26(4,5)6;1-13(2,3)10-14(4,5)11-6-8-12(15)9-7-11/h11-16,29-30H,17-18H2,1-10H3;6-9,15H,10H2,1-5H3. The smallest absolute Gasteiger partial charge is 0.130 e. The molecule has 0 aliphatic rings. The Morgan fingerprint density at radius 2 is 0.681 bits per heavy atom. The van der Waals surface area contributed by atoms with Crippen molar-refractivity contribution >= 4 is 21.6 Å². The fourth-order valence-electron chi connectivity index (χ4n) is 7.29. The minimum absolute atomic E-state index is 0.00492. The molecule has 0 spiro atoms. The van der Waals surface area contributed by atoms with Gasteiger partial charge in [-0.2, -0.15) is 0 Å². The van der Waals surface area contributed by atoms with Gasteiger partial charge in [-0.15, -0.1) is 0 Å². The third-order valence-corrected chi connectivity index (χ3v) is 10.7. The molecule has 3 nitrogen and oxygen atoms in total. The summed E-state index contributed by atoms with van der Waals surface area (Å²) in [7, 11) is 3.00. The lowest BCUT2D eigenvalue weighted by atomic mass is 9.72. The van der Waals surface area contributed by atoms with Gasteiger partial charge in [-0.3, -0.25) is 0 Å². The van der Waals surface area contributed by atoms with Crippen LogP contribution >= 0.6 is 21.6 Å². The topological polar surface area (TPSA) is 60.7 Å². The van der Waals surface area contributed by atoms with Crippen LogP contribution in [0.15, 0.2) is 70.5 Å². The summed E-state index contributed by atoms with van der Waals surface area (Å²) in [6.45, 7) is 33.9. The number of rotatable bonds is 9. The van der Waals surface area contributed by atoms with E-state index in [0.29, 0.717) is 11.2 Å². The highest BCUT2D eigenvalue weighted by Crippen LogP contribution is 2.48. The van der Waals surface area contributed by atoms with Gasteiger partial charge in [-0.25, -0.2) is 0 Å². The van der Waals surface area contributed by atoms with E-state index < -0.39 is 0 Å². The van der Waals surface area contributed by atoms with Crippen LogP contribution in [0.4, 0.5) is 0 Å². The lowest BCUT2D eigenvalue weighted by Crippen LogP contribution is -2.24. The summed E-state index contributed by atoms with van der Waals surface area (Å²) >= 11 is 0. The first-order valence-electron chi connectivity index (χ1n) is 16.9. The lowest BCUT2D eigenvalue weighted by Gasteiger charge is -2.33. The predicted octanol–water partition coefficient (Wildman–Crippen LogP) is 13.4.